The summed E-state index contributed by atoms with van der Waals surface area (Å²) in [5.41, 5.74) is 1.14. The summed E-state index contributed by atoms with van der Waals surface area (Å²) < 4.78 is 57.0. The van der Waals surface area contributed by atoms with E-state index in [1.165, 1.54) is 24.3 Å². The van der Waals surface area contributed by atoms with Gasteiger partial charge in [-0.1, -0.05) is 36.4 Å². The predicted octanol–water partition coefficient (Wildman–Crippen LogP) is 2.59. The van der Waals surface area contributed by atoms with E-state index in [1.807, 2.05) is 0 Å². The van der Waals surface area contributed by atoms with Crippen LogP contribution in [0.3, 0.4) is 0 Å². The summed E-state index contributed by atoms with van der Waals surface area (Å²) in [5, 5.41) is 0.614. The van der Waals surface area contributed by atoms with E-state index in [9.17, 15) is 16.8 Å². The second-order valence-electron chi connectivity index (χ2n) is 6.90. The first kappa shape index (κ1) is 22.0. The molecule has 10 heteroatoms. The average molecular weight is 469 g/mol. The van der Waals surface area contributed by atoms with E-state index >= 15 is 0 Å². The lowest BCUT2D eigenvalue weighted by atomic mass is 10.1. The Hall–Kier alpha value is -3.18. The molecule has 8 nitrogen and oxygen atoms in total. The number of pyridine rings is 2. The van der Waals surface area contributed by atoms with E-state index in [0.29, 0.717) is 22.2 Å². The summed E-state index contributed by atoms with van der Waals surface area (Å²) in [5.74, 6) is 0. The number of rotatable bonds is 8. The molecule has 0 aliphatic carbocycles. The number of nitrogens with one attached hydrogen (secondary N) is 2. The molecule has 2 heterocycles. The van der Waals surface area contributed by atoms with E-state index in [1.54, 1.807) is 60.9 Å². The van der Waals surface area contributed by atoms with E-state index < -0.39 is 20.0 Å². The first-order valence-corrected chi connectivity index (χ1v) is 12.6. The van der Waals surface area contributed by atoms with E-state index in [-0.39, 0.29) is 22.9 Å². The highest BCUT2D eigenvalue weighted by molar-refractivity contribution is 7.90. The Morgan fingerprint density at radius 1 is 0.562 bits per heavy atom. The van der Waals surface area contributed by atoms with Gasteiger partial charge in [-0.05, 0) is 36.4 Å². The monoisotopic (exact) mass is 468 g/mol. The van der Waals surface area contributed by atoms with Gasteiger partial charge in [0.05, 0.1) is 34.3 Å². The fraction of sp³-hybridized carbons (Fsp3) is 0.0909. The molecule has 0 saturated heterocycles. The Labute approximate surface area is 186 Å². The minimum Gasteiger partial charge on any atom is -0.260 e. The molecule has 0 aliphatic heterocycles. The molecular weight excluding hydrogens is 448 g/mol. The van der Waals surface area contributed by atoms with Crippen LogP contribution in [0.15, 0.2) is 95.0 Å². The molecule has 4 rings (SSSR count). The summed E-state index contributed by atoms with van der Waals surface area (Å²) in [7, 11) is -7.84. The van der Waals surface area contributed by atoms with Gasteiger partial charge in [-0.15, -0.1) is 0 Å². The van der Waals surface area contributed by atoms with E-state index in [2.05, 4.69) is 19.4 Å². The molecule has 164 valence electrons. The maximum atomic E-state index is 13.0. The third-order valence-electron chi connectivity index (χ3n) is 4.76. The van der Waals surface area contributed by atoms with Gasteiger partial charge in [0.25, 0.3) is 0 Å². The zero-order chi connectivity index (χ0) is 22.6. The summed E-state index contributed by atoms with van der Waals surface area (Å²) in [6, 6.07) is 19.6. The Morgan fingerprint density at radius 2 is 1.00 bits per heavy atom. The van der Waals surface area contributed by atoms with Crippen molar-refractivity contribution >= 4 is 30.8 Å². The number of hydrogen-bond acceptors (Lipinski definition) is 6. The topological polar surface area (TPSA) is 118 Å². The van der Waals surface area contributed by atoms with Gasteiger partial charge in [0.1, 0.15) is 0 Å². The van der Waals surface area contributed by atoms with Crippen molar-refractivity contribution in [3.8, 4) is 0 Å². The van der Waals surface area contributed by atoms with Crippen LogP contribution in [-0.4, -0.2) is 26.8 Å². The zero-order valence-corrected chi connectivity index (χ0v) is 18.5. The molecule has 0 fully saturated rings. The van der Waals surface area contributed by atoms with Gasteiger partial charge in [-0.2, -0.15) is 0 Å². The normalized spacial score (nSPS) is 12.1. The van der Waals surface area contributed by atoms with Gasteiger partial charge in [-0.3, -0.25) is 9.97 Å². The number of benzene rings is 2. The van der Waals surface area contributed by atoms with Crippen LogP contribution in [-0.2, 0) is 33.1 Å². The number of sulfonamides is 2. The maximum absolute atomic E-state index is 13.0. The van der Waals surface area contributed by atoms with Crippen LogP contribution in [0.1, 0.15) is 11.4 Å². The van der Waals surface area contributed by atoms with Gasteiger partial charge in [0, 0.05) is 23.2 Å². The Balaban J connectivity index is 1.66. The van der Waals surface area contributed by atoms with Crippen LogP contribution in [0.4, 0.5) is 0 Å². The fourth-order valence-corrected chi connectivity index (χ4v) is 5.66. The molecule has 2 N–H and O–H groups in total. The summed E-state index contributed by atoms with van der Waals surface area (Å²) >= 11 is 0. The van der Waals surface area contributed by atoms with Gasteiger partial charge in [0.15, 0.2) is 0 Å². The largest absolute Gasteiger partial charge is 0.260 e. The van der Waals surface area contributed by atoms with Gasteiger partial charge in [0.2, 0.25) is 20.0 Å². The molecule has 2 aromatic heterocycles. The van der Waals surface area contributed by atoms with Crippen LogP contribution in [0.5, 0.6) is 0 Å². The minimum atomic E-state index is -3.92. The van der Waals surface area contributed by atoms with Crippen molar-refractivity contribution in [3.63, 3.8) is 0 Å². The van der Waals surface area contributed by atoms with Crippen molar-refractivity contribution in [3.05, 3.63) is 96.6 Å². The van der Waals surface area contributed by atoms with Crippen LogP contribution < -0.4 is 9.44 Å². The molecule has 0 unspecified atom stereocenters. The zero-order valence-electron chi connectivity index (χ0n) is 16.8. The number of aromatic nitrogens is 2. The summed E-state index contributed by atoms with van der Waals surface area (Å²) in [6.07, 6.45) is 3.16. The Bertz CT molecular complexity index is 1330. The average Bonchev–Trinajstić information content (AvgIpc) is 2.82. The fourth-order valence-electron chi connectivity index (χ4n) is 3.22. The van der Waals surface area contributed by atoms with E-state index in [0.717, 1.165) is 0 Å². The molecule has 0 saturated carbocycles. The number of nitrogens with zero attached hydrogens (tertiary/aromatic N) is 2. The summed E-state index contributed by atoms with van der Waals surface area (Å²) in [4.78, 5) is 8.21. The highest BCUT2D eigenvalue weighted by Gasteiger charge is 2.22. The van der Waals surface area contributed by atoms with Crippen molar-refractivity contribution in [2.45, 2.75) is 22.9 Å². The Kier molecular flexibility index (Phi) is 6.28. The molecule has 0 amide bonds. The molecule has 0 radical (unpaired) electrons. The molecule has 32 heavy (non-hydrogen) atoms. The van der Waals surface area contributed by atoms with Crippen molar-refractivity contribution in [2.75, 3.05) is 0 Å². The van der Waals surface area contributed by atoms with Gasteiger partial charge in [-0.25, -0.2) is 26.3 Å². The standard InChI is InChI=1S/C22H20N4O4S2/c27-31(28,25-15-17-7-1-3-13-23-17)21-11-5-10-20-19(21)9-6-12-22(20)32(29,30)26-16-18-8-2-4-14-24-18/h1-14,25-26H,15-16H2. The van der Waals surface area contributed by atoms with Crippen molar-refractivity contribution < 1.29 is 16.8 Å². The predicted molar refractivity (Wildman–Crippen MR) is 120 cm³/mol. The second kappa shape index (κ2) is 9.13. The molecule has 0 atom stereocenters. The lowest BCUT2D eigenvalue weighted by Gasteiger charge is -2.13. The SMILES string of the molecule is O=S(=O)(NCc1ccccn1)c1cccc2c(S(=O)(=O)NCc3ccccn3)cccc12. The van der Waals surface area contributed by atoms with Gasteiger partial charge < -0.3 is 0 Å². The van der Waals surface area contributed by atoms with Crippen molar-refractivity contribution in [2.24, 2.45) is 0 Å². The molecular formula is C22H20N4O4S2. The van der Waals surface area contributed by atoms with Crippen LogP contribution in [0.2, 0.25) is 0 Å². The molecule has 0 aliphatic rings. The van der Waals surface area contributed by atoms with E-state index in [4.69, 9.17) is 0 Å². The highest BCUT2D eigenvalue weighted by atomic mass is 32.2. The number of fused-ring (bicyclic) bond motifs is 1. The second-order valence-corrected chi connectivity index (χ2v) is 10.4. The third kappa shape index (κ3) is 4.83. The van der Waals surface area contributed by atoms with Crippen LogP contribution in [0, 0.1) is 0 Å². The smallest absolute Gasteiger partial charge is 0.241 e. The first-order valence-electron chi connectivity index (χ1n) is 9.68. The van der Waals surface area contributed by atoms with Crippen molar-refractivity contribution in [1.29, 1.82) is 0 Å². The van der Waals surface area contributed by atoms with Crippen LogP contribution >= 0.6 is 0 Å². The number of hydrogen-bond donors (Lipinski definition) is 2. The molecule has 0 bridgehead atoms. The maximum Gasteiger partial charge on any atom is 0.241 e. The Morgan fingerprint density at radius 3 is 1.38 bits per heavy atom. The first-order chi connectivity index (χ1) is 15.4. The van der Waals surface area contributed by atoms with Crippen LogP contribution in [0.25, 0.3) is 10.8 Å². The third-order valence-corrected chi connectivity index (χ3v) is 7.68. The lowest BCUT2D eigenvalue weighted by Crippen LogP contribution is -2.25. The summed E-state index contributed by atoms with van der Waals surface area (Å²) in [6.45, 7) is 0.0341. The molecule has 0 spiro atoms. The van der Waals surface area contributed by atoms with Crippen molar-refractivity contribution in [1.82, 2.24) is 19.4 Å². The highest BCUT2D eigenvalue weighted by Crippen LogP contribution is 2.28. The van der Waals surface area contributed by atoms with Gasteiger partial charge >= 0.3 is 0 Å². The molecule has 4 aromatic rings. The minimum absolute atomic E-state index is 0.00675. The molecule has 2 aromatic carbocycles. The quantitative estimate of drug-likeness (QED) is 0.410. The lowest BCUT2D eigenvalue weighted by molar-refractivity contribution is 0.579.